The number of nitrogens with zero attached hydrogens (tertiary/aromatic N) is 1. The molecule has 0 aliphatic rings. The molecule has 1 heterocycles. The molecule has 1 atom stereocenters. The fourth-order valence-electron chi connectivity index (χ4n) is 2.83. The predicted octanol–water partition coefficient (Wildman–Crippen LogP) is 6.40. The first-order valence-corrected chi connectivity index (χ1v) is 10.2. The van der Waals surface area contributed by atoms with Crippen molar-refractivity contribution in [2.75, 3.05) is 6.61 Å². The molecular formula is C20H17BrF3NO2S. The number of hydrogen-bond acceptors (Lipinski definition) is 4. The molecule has 0 amide bonds. The number of aliphatic hydroxyl groups excluding tert-OH is 1. The van der Waals surface area contributed by atoms with Gasteiger partial charge in [0.15, 0.2) is 5.76 Å². The number of aryl methyl sites for hydroxylation is 1. The monoisotopic (exact) mass is 471 g/mol. The molecule has 0 bridgehead atoms. The van der Waals surface area contributed by atoms with E-state index in [2.05, 4.69) is 21.1 Å². The molecule has 0 saturated carbocycles. The molecule has 0 unspecified atom stereocenters. The van der Waals surface area contributed by atoms with Gasteiger partial charge in [0, 0.05) is 21.4 Å². The largest absolute Gasteiger partial charge is 0.416 e. The van der Waals surface area contributed by atoms with Crippen LogP contribution in [0.4, 0.5) is 13.2 Å². The number of aliphatic hydroxyl groups is 1. The molecule has 0 aliphatic carbocycles. The van der Waals surface area contributed by atoms with E-state index < -0.39 is 11.7 Å². The van der Waals surface area contributed by atoms with Gasteiger partial charge in [0.05, 0.1) is 23.1 Å². The smallest absolute Gasteiger partial charge is 0.395 e. The molecule has 0 aliphatic heterocycles. The lowest BCUT2D eigenvalue weighted by molar-refractivity contribution is -0.137. The minimum absolute atomic E-state index is 0.185. The maximum atomic E-state index is 12.9. The van der Waals surface area contributed by atoms with Crippen molar-refractivity contribution in [1.82, 2.24) is 5.16 Å². The second-order valence-electron chi connectivity index (χ2n) is 6.20. The predicted molar refractivity (Wildman–Crippen MR) is 107 cm³/mol. The molecule has 1 N–H and O–H groups in total. The summed E-state index contributed by atoms with van der Waals surface area (Å²) in [5, 5.41) is 13.6. The van der Waals surface area contributed by atoms with Crippen molar-refractivity contribution >= 4 is 27.7 Å². The number of rotatable bonds is 6. The summed E-state index contributed by atoms with van der Waals surface area (Å²) in [5.41, 5.74) is 2.08. The van der Waals surface area contributed by atoms with Crippen LogP contribution in [0.2, 0.25) is 0 Å². The Morgan fingerprint density at radius 2 is 1.89 bits per heavy atom. The molecule has 2 aromatic carbocycles. The Labute approximate surface area is 173 Å². The van der Waals surface area contributed by atoms with E-state index in [4.69, 9.17) is 4.52 Å². The van der Waals surface area contributed by atoms with Crippen LogP contribution in [-0.2, 0) is 11.9 Å². The van der Waals surface area contributed by atoms with Gasteiger partial charge in [0.1, 0.15) is 0 Å². The molecule has 3 rings (SSSR count). The number of halogens is 4. The van der Waals surface area contributed by atoms with Crippen LogP contribution < -0.4 is 0 Å². The Bertz CT molecular complexity index is 941. The zero-order valence-corrected chi connectivity index (χ0v) is 17.2. The fraction of sp³-hybridized carbons (Fsp3) is 0.250. The van der Waals surface area contributed by atoms with Crippen molar-refractivity contribution in [3.05, 3.63) is 75.4 Å². The Balaban J connectivity index is 1.83. The van der Waals surface area contributed by atoms with Crippen molar-refractivity contribution in [3.63, 3.8) is 0 Å². The molecule has 3 nitrogen and oxygen atoms in total. The third-order valence-electron chi connectivity index (χ3n) is 4.21. The minimum atomic E-state index is -4.38. The third kappa shape index (κ3) is 4.79. The first kappa shape index (κ1) is 21.0. The van der Waals surface area contributed by atoms with Crippen molar-refractivity contribution in [1.29, 1.82) is 0 Å². The van der Waals surface area contributed by atoms with Gasteiger partial charge in [0.25, 0.3) is 0 Å². The average Bonchev–Trinajstić information content (AvgIpc) is 3.04. The van der Waals surface area contributed by atoms with E-state index in [0.29, 0.717) is 22.8 Å². The van der Waals surface area contributed by atoms with E-state index in [1.165, 1.54) is 17.8 Å². The number of benzene rings is 2. The third-order valence-corrected chi connectivity index (χ3v) is 6.02. The Kier molecular flexibility index (Phi) is 6.52. The first-order chi connectivity index (χ1) is 13.3. The summed E-state index contributed by atoms with van der Waals surface area (Å²) in [6.45, 7) is 1.60. The van der Waals surface area contributed by atoms with Gasteiger partial charge in [-0.3, -0.25) is 0 Å². The summed E-state index contributed by atoms with van der Waals surface area (Å²) in [5.74, 6) is 0.875. The fourth-order valence-corrected chi connectivity index (χ4v) is 4.21. The van der Waals surface area contributed by atoms with Crippen LogP contribution in [0.5, 0.6) is 0 Å². The summed E-state index contributed by atoms with van der Waals surface area (Å²) in [7, 11) is 0. The van der Waals surface area contributed by atoms with E-state index in [9.17, 15) is 18.3 Å². The number of alkyl halides is 3. The van der Waals surface area contributed by atoms with E-state index in [-0.39, 0.29) is 11.9 Å². The quantitative estimate of drug-likeness (QED) is 0.451. The molecular weight excluding hydrogens is 455 g/mol. The second kappa shape index (κ2) is 8.71. The van der Waals surface area contributed by atoms with Gasteiger partial charge in [-0.15, -0.1) is 11.8 Å². The number of thioether (sulfide) groups is 1. The van der Waals surface area contributed by atoms with Gasteiger partial charge >= 0.3 is 6.18 Å². The summed E-state index contributed by atoms with van der Waals surface area (Å²) < 4.78 is 45.1. The van der Waals surface area contributed by atoms with Gasteiger partial charge in [-0.1, -0.05) is 51.4 Å². The number of hydrogen-bond donors (Lipinski definition) is 1. The van der Waals surface area contributed by atoms with Gasteiger partial charge in [-0.05, 0) is 30.7 Å². The highest BCUT2D eigenvalue weighted by Crippen LogP contribution is 2.40. The molecule has 0 fully saturated rings. The molecule has 148 valence electrons. The zero-order chi connectivity index (χ0) is 20.3. The van der Waals surface area contributed by atoms with Gasteiger partial charge < -0.3 is 9.63 Å². The maximum Gasteiger partial charge on any atom is 0.416 e. The van der Waals surface area contributed by atoms with Gasteiger partial charge in [-0.25, -0.2) is 0 Å². The summed E-state index contributed by atoms with van der Waals surface area (Å²) >= 11 is 4.74. The standard InChI is InChI=1S/C20H17BrF3NO2S/c1-12-18(19(27-25-12)14-5-7-16(21)8-6-14)17(10-26)28-11-13-3-2-4-15(9-13)20(22,23)24/h2-9,17,26H,10-11H2,1H3/t17-/m1/s1. The molecule has 0 saturated heterocycles. The van der Waals surface area contributed by atoms with E-state index in [0.717, 1.165) is 27.7 Å². The molecule has 0 radical (unpaired) electrons. The lowest BCUT2D eigenvalue weighted by Crippen LogP contribution is -2.06. The van der Waals surface area contributed by atoms with Crippen LogP contribution in [0.25, 0.3) is 11.3 Å². The average molecular weight is 472 g/mol. The summed E-state index contributed by atoms with van der Waals surface area (Å²) in [4.78, 5) is 0. The van der Waals surface area contributed by atoms with E-state index in [1.54, 1.807) is 13.0 Å². The van der Waals surface area contributed by atoms with Crippen molar-refractivity contribution in [2.24, 2.45) is 0 Å². The first-order valence-electron chi connectivity index (χ1n) is 8.40. The lowest BCUT2D eigenvalue weighted by Gasteiger charge is -2.15. The van der Waals surface area contributed by atoms with Crippen LogP contribution in [0, 0.1) is 6.92 Å². The lowest BCUT2D eigenvalue weighted by atomic mass is 10.0. The minimum Gasteiger partial charge on any atom is -0.395 e. The second-order valence-corrected chi connectivity index (χ2v) is 8.30. The zero-order valence-electron chi connectivity index (χ0n) is 14.8. The molecule has 3 aromatic rings. The highest BCUT2D eigenvalue weighted by Gasteiger charge is 2.30. The van der Waals surface area contributed by atoms with Crippen molar-refractivity contribution in [2.45, 2.75) is 24.1 Å². The normalized spacial score (nSPS) is 12.9. The topological polar surface area (TPSA) is 46.3 Å². The van der Waals surface area contributed by atoms with Gasteiger partial charge in [-0.2, -0.15) is 13.2 Å². The highest BCUT2D eigenvalue weighted by molar-refractivity contribution is 9.10. The van der Waals surface area contributed by atoms with Crippen LogP contribution in [0.15, 0.2) is 57.5 Å². The molecule has 8 heteroatoms. The van der Waals surface area contributed by atoms with Crippen molar-refractivity contribution < 1.29 is 22.8 Å². The molecule has 0 spiro atoms. The van der Waals surface area contributed by atoms with E-state index in [1.807, 2.05) is 24.3 Å². The van der Waals surface area contributed by atoms with Gasteiger partial charge in [0.2, 0.25) is 0 Å². The van der Waals surface area contributed by atoms with E-state index >= 15 is 0 Å². The molecule has 28 heavy (non-hydrogen) atoms. The summed E-state index contributed by atoms with van der Waals surface area (Å²) in [6.07, 6.45) is -4.38. The van der Waals surface area contributed by atoms with Crippen LogP contribution >= 0.6 is 27.7 Å². The van der Waals surface area contributed by atoms with Crippen LogP contribution in [-0.4, -0.2) is 16.9 Å². The Hall–Kier alpha value is -1.77. The Morgan fingerprint density at radius 3 is 2.54 bits per heavy atom. The van der Waals surface area contributed by atoms with Crippen molar-refractivity contribution in [3.8, 4) is 11.3 Å². The SMILES string of the molecule is Cc1noc(-c2ccc(Br)cc2)c1[C@@H](CO)SCc1cccc(C(F)(F)F)c1. The van der Waals surface area contributed by atoms with Crippen LogP contribution in [0.3, 0.4) is 0 Å². The van der Waals surface area contributed by atoms with Crippen LogP contribution in [0.1, 0.15) is 27.6 Å². The summed E-state index contributed by atoms with van der Waals surface area (Å²) in [6, 6.07) is 12.7. The Morgan fingerprint density at radius 1 is 1.18 bits per heavy atom. The number of aromatic nitrogens is 1. The maximum absolute atomic E-state index is 12.9. The molecule has 1 aromatic heterocycles. The highest BCUT2D eigenvalue weighted by atomic mass is 79.9.